The van der Waals surface area contributed by atoms with Crippen molar-refractivity contribution in [2.75, 3.05) is 13.2 Å². The first-order valence-electron chi connectivity index (χ1n) is 6.98. The highest BCUT2D eigenvalue weighted by molar-refractivity contribution is 4.88. The maximum absolute atomic E-state index is 9.72. The second-order valence-electron chi connectivity index (χ2n) is 6.70. The van der Waals surface area contributed by atoms with Crippen LogP contribution in [-0.2, 0) is 14.2 Å². The van der Waals surface area contributed by atoms with Crippen LogP contribution in [0.15, 0.2) is 0 Å². The van der Waals surface area contributed by atoms with E-state index in [4.69, 9.17) is 19.9 Å². The summed E-state index contributed by atoms with van der Waals surface area (Å²) in [6.45, 7) is 10.3. The van der Waals surface area contributed by atoms with Crippen molar-refractivity contribution in [2.24, 2.45) is 5.73 Å². The molecule has 3 N–H and O–H groups in total. The third-order valence-electron chi connectivity index (χ3n) is 2.87. The Hall–Kier alpha value is -0.200. The van der Waals surface area contributed by atoms with Crippen molar-refractivity contribution >= 4 is 0 Å². The van der Waals surface area contributed by atoms with Gasteiger partial charge in [-0.2, -0.15) is 0 Å². The molecule has 19 heavy (non-hydrogen) atoms. The second kappa shape index (κ2) is 6.50. The van der Waals surface area contributed by atoms with Crippen molar-refractivity contribution in [3.63, 3.8) is 0 Å². The van der Waals surface area contributed by atoms with E-state index in [2.05, 4.69) is 0 Å². The summed E-state index contributed by atoms with van der Waals surface area (Å²) >= 11 is 0. The average Bonchev–Trinajstić information content (AvgIpc) is 2.49. The summed E-state index contributed by atoms with van der Waals surface area (Å²) in [6, 6.07) is 0.0703. The van der Waals surface area contributed by atoms with E-state index in [0.29, 0.717) is 13.2 Å². The van der Waals surface area contributed by atoms with Crippen LogP contribution < -0.4 is 5.73 Å². The van der Waals surface area contributed by atoms with Crippen LogP contribution in [0.4, 0.5) is 0 Å². The Labute approximate surface area is 116 Å². The van der Waals surface area contributed by atoms with Crippen LogP contribution >= 0.6 is 0 Å². The van der Waals surface area contributed by atoms with E-state index in [9.17, 15) is 5.11 Å². The molecule has 0 aromatic carbocycles. The molecule has 0 heterocycles. The zero-order chi connectivity index (χ0) is 14.7. The van der Waals surface area contributed by atoms with Gasteiger partial charge in [0.1, 0.15) is 0 Å². The van der Waals surface area contributed by atoms with Gasteiger partial charge < -0.3 is 25.1 Å². The quantitative estimate of drug-likeness (QED) is 0.566. The molecule has 1 aliphatic rings. The summed E-state index contributed by atoms with van der Waals surface area (Å²) in [5.74, 6) is -1.15. The molecule has 5 heteroatoms. The normalized spacial score (nSPS) is 28.9. The Kier molecular flexibility index (Phi) is 5.77. The molecule has 0 radical (unpaired) electrons. The van der Waals surface area contributed by atoms with Gasteiger partial charge in [-0.25, -0.2) is 0 Å². The minimum Gasteiger partial charge on any atom is -0.373 e. The summed E-state index contributed by atoms with van der Waals surface area (Å²) in [6.07, 6.45) is 1.26. The van der Waals surface area contributed by atoms with Crippen molar-refractivity contribution in [2.45, 2.75) is 77.1 Å². The predicted molar refractivity (Wildman–Crippen MR) is 73.8 cm³/mol. The second-order valence-corrected chi connectivity index (χ2v) is 6.70. The van der Waals surface area contributed by atoms with Crippen molar-refractivity contribution in [3.05, 3.63) is 0 Å². The fourth-order valence-corrected chi connectivity index (χ4v) is 2.21. The van der Waals surface area contributed by atoms with Crippen LogP contribution in [0, 0.1) is 0 Å². The lowest BCUT2D eigenvalue weighted by atomic mass is 10.2. The van der Waals surface area contributed by atoms with Gasteiger partial charge in [0.25, 0.3) is 0 Å². The Morgan fingerprint density at radius 3 is 2.16 bits per heavy atom. The van der Waals surface area contributed by atoms with Crippen LogP contribution in [-0.4, -0.2) is 48.0 Å². The Morgan fingerprint density at radius 2 is 1.63 bits per heavy atom. The molecule has 0 aromatic heterocycles. The monoisotopic (exact) mass is 275 g/mol. The van der Waals surface area contributed by atoms with E-state index in [1.54, 1.807) is 13.8 Å². The predicted octanol–water partition coefficient (Wildman–Crippen LogP) is 1.42. The van der Waals surface area contributed by atoms with Gasteiger partial charge in [0.15, 0.2) is 5.79 Å². The van der Waals surface area contributed by atoms with E-state index in [0.717, 1.165) is 12.8 Å². The van der Waals surface area contributed by atoms with E-state index in [1.807, 2.05) is 20.8 Å². The lowest BCUT2D eigenvalue weighted by molar-refractivity contribution is -0.225. The number of hydrogen-bond acceptors (Lipinski definition) is 5. The van der Waals surface area contributed by atoms with Crippen molar-refractivity contribution in [1.29, 1.82) is 0 Å². The fraction of sp³-hybridized carbons (Fsp3) is 1.00. The Morgan fingerprint density at radius 1 is 1.05 bits per heavy atom. The molecule has 1 saturated carbocycles. The Bertz CT molecular complexity index is 270. The molecule has 1 aliphatic carbocycles. The molecule has 1 rings (SSSR count). The molecule has 0 saturated heterocycles. The highest BCUT2D eigenvalue weighted by atomic mass is 16.6. The number of rotatable bonds is 6. The zero-order valence-corrected chi connectivity index (χ0v) is 12.8. The third kappa shape index (κ3) is 7.22. The van der Waals surface area contributed by atoms with Crippen molar-refractivity contribution in [1.82, 2.24) is 0 Å². The van der Waals surface area contributed by atoms with Gasteiger partial charge in [0.2, 0.25) is 0 Å². The van der Waals surface area contributed by atoms with E-state index < -0.39 is 5.79 Å². The molecule has 5 nitrogen and oxygen atoms in total. The molecule has 0 amide bonds. The van der Waals surface area contributed by atoms with Crippen molar-refractivity contribution < 1.29 is 19.3 Å². The van der Waals surface area contributed by atoms with Gasteiger partial charge >= 0.3 is 0 Å². The molecular weight excluding hydrogens is 246 g/mol. The summed E-state index contributed by atoms with van der Waals surface area (Å²) < 4.78 is 17.0. The molecule has 0 bridgehead atoms. The highest BCUT2D eigenvalue weighted by Gasteiger charge is 2.37. The molecule has 1 unspecified atom stereocenters. The minimum atomic E-state index is -1.15. The van der Waals surface area contributed by atoms with Crippen molar-refractivity contribution in [3.8, 4) is 0 Å². The van der Waals surface area contributed by atoms with Crippen LogP contribution in [0.5, 0.6) is 0 Å². The fourth-order valence-electron chi connectivity index (χ4n) is 2.21. The van der Waals surface area contributed by atoms with Crippen LogP contribution in [0.25, 0.3) is 0 Å². The lowest BCUT2D eigenvalue weighted by Gasteiger charge is -2.28. The van der Waals surface area contributed by atoms with Gasteiger partial charge in [-0.3, -0.25) is 0 Å². The SMILES string of the molecule is CC(C)(C)OCCO[C@H]1C[C@@H](N)CC1OC(C)(C)O. The van der Waals surface area contributed by atoms with E-state index in [-0.39, 0.29) is 23.9 Å². The first-order chi connectivity index (χ1) is 8.57. The molecule has 0 spiro atoms. The molecule has 0 aromatic rings. The van der Waals surface area contributed by atoms with E-state index >= 15 is 0 Å². The Balaban J connectivity index is 2.34. The summed E-state index contributed by atoms with van der Waals surface area (Å²) in [5, 5.41) is 9.72. The third-order valence-corrected chi connectivity index (χ3v) is 2.87. The zero-order valence-electron chi connectivity index (χ0n) is 12.8. The van der Waals surface area contributed by atoms with Gasteiger partial charge in [-0.15, -0.1) is 0 Å². The topological polar surface area (TPSA) is 73.9 Å². The minimum absolute atomic E-state index is 0.0648. The molecule has 114 valence electrons. The summed E-state index contributed by atoms with van der Waals surface area (Å²) in [5.41, 5.74) is 5.78. The van der Waals surface area contributed by atoms with Gasteiger partial charge in [-0.05, 0) is 47.5 Å². The van der Waals surface area contributed by atoms with Gasteiger partial charge in [0, 0.05) is 6.04 Å². The standard InChI is InChI=1S/C14H29NO4/c1-13(2,3)18-7-6-17-11-8-10(15)9-12(11)19-14(4,5)16/h10-12,16H,6-9,15H2,1-5H3/t10-,11+,12?/m1/s1. The number of ether oxygens (including phenoxy) is 3. The largest absolute Gasteiger partial charge is 0.373 e. The summed E-state index contributed by atoms with van der Waals surface area (Å²) in [7, 11) is 0. The summed E-state index contributed by atoms with van der Waals surface area (Å²) in [4.78, 5) is 0. The van der Waals surface area contributed by atoms with Gasteiger partial charge in [0.05, 0.1) is 31.0 Å². The molecule has 3 atom stereocenters. The maximum Gasteiger partial charge on any atom is 0.160 e. The molecule has 0 aliphatic heterocycles. The number of aliphatic hydroxyl groups is 1. The van der Waals surface area contributed by atoms with E-state index in [1.165, 1.54) is 0 Å². The number of nitrogens with two attached hydrogens (primary N) is 1. The van der Waals surface area contributed by atoms with Crippen LogP contribution in [0.3, 0.4) is 0 Å². The maximum atomic E-state index is 9.72. The first kappa shape index (κ1) is 16.9. The lowest BCUT2D eigenvalue weighted by Crippen LogP contribution is -2.36. The van der Waals surface area contributed by atoms with Crippen LogP contribution in [0.2, 0.25) is 0 Å². The smallest absolute Gasteiger partial charge is 0.160 e. The highest BCUT2D eigenvalue weighted by Crippen LogP contribution is 2.27. The van der Waals surface area contributed by atoms with Gasteiger partial charge in [-0.1, -0.05) is 0 Å². The molecule has 1 fully saturated rings. The first-order valence-corrected chi connectivity index (χ1v) is 6.98. The average molecular weight is 275 g/mol. The van der Waals surface area contributed by atoms with Crippen LogP contribution in [0.1, 0.15) is 47.5 Å². The molecular formula is C14H29NO4. The number of hydrogen-bond donors (Lipinski definition) is 2.